The summed E-state index contributed by atoms with van der Waals surface area (Å²) in [6.45, 7) is 2.19. The SMILES string of the molecule is COc1ccc(CC2CC(C)Nc3ccccc32)cc1F. The van der Waals surface area contributed by atoms with Crippen LogP contribution >= 0.6 is 0 Å². The highest BCUT2D eigenvalue weighted by Crippen LogP contribution is 2.36. The molecule has 0 aromatic heterocycles. The number of rotatable bonds is 3. The fourth-order valence-electron chi connectivity index (χ4n) is 3.18. The quantitative estimate of drug-likeness (QED) is 0.904. The van der Waals surface area contributed by atoms with Crippen molar-refractivity contribution in [3.05, 3.63) is 59.4 Å². The van der Waals surface area contributed by atoms with Crippen LogP contribution in [0.5, 0.6) is 5.75 Å². The first-order chi connectivity index (χ1) is 10.2. The van der Waals surface area contributed by atoms with E-state index in [1.165, 1.54) is 18.4 Å². The number of anilines is 1. The fourth-order valence-corrected chi connectivity index (χ4v) is 3.18. The average Bonchev–Trinajstić information content (AvgIpc) is 2.47. The van der Waals surface area contributed by atoms with Gasteiger partial charge in [-0.15, -0.1) is 0 Å². The Labute approximate surface area is 125 Å². The molecule has 0 spiro atoms. The monoisotopic (exact) mass is 285 g/mol. The molecular weight excluding hydrogens is 265 g/mol. The Morgan fingerprint density at radius 3 is 2.81 bits per heavy atom. The number of nitrogens with one attached hydrogen (secondary N) is 1. The first-order valence-electron chi connectivity index (χ1n) is 7.35. The number of hydrogen-bond donors (Lipinski definition) is 1. The van der Waals surface area contributed by atoms with Crippen molar-refractivity contribution >= 4 is 5.69 Å². The van der Waals surface area contributed by atoms with Crippen molar-refractivity contribution in [3.8, 4) is 5.75 Å². The van der Waals surface area contributed by atoms with Gasteiger partial charge in [-0.3, -0.25) is 0 Å². The van der Waals surface area contributed by atoms with E-state index in [-0.39, 0.29) is 5.82 Å². The van der Waals surface area contributed by atoms with Gasteiger partial charge in [0.15, 0.2) is 11.6 Å². The smallest absolute Gasteiger partial charge is 0.165 e. The van der Waals surface area contributed by atoms with Crippen LogP contribution in [0.2, 0.25) is 0 Å². The number of para-hydroxylation sites is 1. The van der Waals surface area contributed by atoms with E-state index in [0.29, 0.717) is 17.7 Å². The number of ether oxygens (including phenoxy) is 1. The van der Waals surface area contributed by atoms with E-state index in [9.17, 15) is 4.39 Å². The summed E-state index contributed by atoms with van der Waals surface area (Å²) in [5, 5.41) is 3.51. The minimum atomic E-state index is -0.287. The van der Waals surface area contributed by atoms with Crippen LogP contribution in [-0.4, -0.2) is 13.2 Å². The van der Waals surface area contributed by atoms with Gasteiger partial charge in [-0.25, -0.2) is 4.39 Å². The van der Waals surface area contributed by atoms with Gasteiger partial charge in [-0.2, -0.15) is 0 Å². The van der Waals surface area contributed by atoms with E-state index in [1.54, 1.807) is 12.1 Å². The lowest BCUT2D eigenvalue weighted by Crippen LogP contribution is -2.26. The van der Waals surface area contributed by atoms with Gasteiger partial charge in [0.2, 0.25) is 0 Å². The van der Waals surface area contributed by atoms with E-state index in [0.717, 1.165) is 18.4 Å². The summed E-state index contributed by atoms with van der Waals surface area (Å²) < 4.78 is 18.8. The summed E-state index contributed by atoms with van der Waals surface area (Å²) in [4.78, 5) is 0. The van der Waals surface area contributed by atoms with Crippen LogP contribution < -0.4 is 10.1 Å². The largest absolute Gasteiger partial charge is 0.494 e. The maximum absolute atomic E-state index is 13.8. The lowest BCUT2D eigenvalue weighted by Gasteiger charge is -2.31. The van der Waals surface area contributed by atoms with Gasteiger partial charge >= 0.3 is 0 Å². The van der Waals surface area contributed by atoms with Crippen LogP contribution in [0.1, 0.15) is 30.4 Å². The Balaban J connectivity index is 1.86. The molecule has 1 N–H and O–H groups in total. The van der Waals surface area contributed by atoms with Crippen molar-refractivity contribution in [1.82, 2.24) is 0 Å². The number of hydrogen-bond acceptors (Lipinski definition) is 2. The molecule has 0 amide bonds. The second-order valence-corrected chi connectivity index (χ2v) is 5.74. The Hall–Kier alpha value is -2.03. The zero-order valence-corrected chi connectivity index (χ0v) is 12.4. The molecule has 1 aliphatic rings. The second kappa shape index (κ2) is 5.76. The minimum Gasteiger partial charge on any atom is -0.494 e. The van der Waals surface area contributed by atoms with Gasteiger partial charge in [-0.1, -0.05) is 24.3 Å². The van der Waals surface area contributed by atoms with Crippen molar-refractivity contribution in [1.29, 1.82) is 0 Å². The van der Waals surface area contributed by atoms with Crippen LogP contribution in [0.3, 0.4) is 0 Å². The van der Waals surface area contributed by atoms with Crippen molar-refractivity contribution in [2.45, 2.75) is 31.7 Å². The molecule has 0 aliphatic carbocycles. The third kappa shape index (κ3) is 2.87. The van der Waals surface area contributed by atoms with Crippen LogP contribution in [0.15, 0.2) is 42.5 Å². The van der Waals surface area contributed by atoms with Crippen molar-refractivity contribution in [2.24, 2.45) is 0 Å². The second-order valence-electron chi connectivity index (χ2n) is 5.74. The number of halogens is 1. The van der Waals surface area contributed by atoms with E-state index in [4.69, 9.17) is 4.74 Å². The topological polar surface area (TPSA) is 21.3 Å². The highest BCUT2D eigenvalue weighted by Gasteiger charge is 2.24. The van der Waals surface area contributed by atoms with Gasteiger partial charge in [0.05, 0.1) is 7.11 Å². The molecule has 2 atom stereocenters. The summed E-state index contributed by atoms with van der Waals surface area (Å²) >= 11 is 0. The molecule has 0 fully saturated rings. The van der Waals surface area contributed by atoms with E-state index < -0.39 is 0 Å². The molecule has 0 saturated heterocycles. The molecule has 2 nitrogen and oxygen atoms in total. The normalized spacial score (nSPS) is 20.5. The van der Waals surface area contributed by atoms with Gasteiger partial charge in [0.25, 0.3) is 0 Å². The van der Waals surface area contributed by atoms with Gasteiger partial charge in [0.1, 0.15) is 0 Å². The molecule has 110 valence electrons. The zero-order valence-electron chi connectivity index (χ0n) is 12.4. The Kier molecular flexibility index (Phi) is 3.82. The van der Waals surface area contributed by atoms with Crippen molar-refractivity contribution < 1.29 is 9.13 Å². The average molecular weight is 285 g/mol. The lowest BCUT2D eigenvalue weighted by molar-refractivity contribution is 0.386. The molecular formula is C18H20FNO. The molecule has 21 heavy (non-hydrogen) atoms. The predicted molar refractivity (Wildman–Crippen MR) is 83.5 cm³/mol. The first kappa shape index (κ1) is 13.9. The molecule has 2 aromatic carbocycles. The van der Waals surface area contributed by atoms with Crippen LogP contribution in [-0.2, 0) is 6.42 Å². The molecule has 2 aromatic rings. The summed E-state index contributed by atoms with van der Waals surface area (Å²) in [6, 6.07) is 14.1. The first-order valence-corrected chi connectivity index (χ1v) is 7.35. The molecule has 2 unspecified atom stereocenters. The van der Waals surface area contributed by atoms with Crippen LogP contribution in [0, 0.1) is 5.82 Å². The third-order valence-corrected chi connectivity index (χ3v) is 4.14. The third-order valence-electron chi connectivity index (χ3n) is 4.14. The van der Waals surface area contributed by atoms with Gasteiger partial charge < -0.3 is 10.1 Å². The zero-order chi connectivity index (χ0) is 14.8. The highest BCUT2D eigenvalue weighted by molar-refractivity contribution is 5.56. The number of benzene rings is 2. The predicted octanol–water partition coefficient (Wildman–Crippen LogP) is 4.36. The van der Waals surface area contributed by atoms with Gasteiger partial charge in [-0.05, 0) is 55.0 Å². The molecule has 0 saturated carbocycles. The molecule has 0 radical (unpaired) electrons. The van der Waals surface area contributed by atoms with E-state index >= 15 is 0 Å². The van der Waals surface area contributed by atoms with E-state index in [1.807, 2.05) is 12.1 Å². The summed E-state index contributed by atoms with van der Waals surface area (Å²) in [5.74, 6) is 0.438. The summed E-state index contributed by atoms with van der Waals surface area (Å²) in [7, 11) is 1.49. The Bertz CT molecular complexity index is 641. The summed E-state index contributed by atoms with van der Waals surface area (Å²) in [6.07, 6.45) is 1.91. The summed E-state index contributed by atoms with van der Waals surface area (Å²) in [5.41, 5.74) is 3.55. The van der Waals surface area contributed by atoms with Crippen molar-refractivity contribution in [3.63, 3.8) is 0 Å². The minimum absolute atomic E-state index is 0.287. The van der Waals surface area contributed by atoms with Crippen LogP contribution in [0.4, 0.5) is 10.1 Å². The van der Waals surface area contributed by atoms with Crippen molar-refractivity contribution in [2.75, 3.05) is 12.4 Å². The molecule has 0 bridgehead atoms. The van der Waals surface area contributed by atoms with Gasteiger partial charge in [0, 0.05) is 11.7 Å². The van der Waals surface area contributed by atoms with E-state index in [2.05, 4.69) is 30.4 Å². The highest BCUT2D eigenvalue weighted by atomic mass is 19.1. The molecule has 3 rings (SSSR count). The molecule has 1 aliphatic heterocycles. The maximum Gasteiger partial charge on any atom is 0.165 e. The number of fused-ring (bicyclic) bond motifs is 1. The number of methoxy groups -OCH3 is 1. The standard InChI is InChI=1S/C18H20FNO/c1-12-9-14(15-5-3-4-6-17(15)20-12)10-13-7-8-18(21-2)16(19)11-13/h3-8,11-12,14,20H,9-10H2,1-2H3. The Morgan fingerprint density at radius 1 is 1.24 bits per heavy atom. The molecule has 1 heterocycles. The fraction of sp³-hybridized carbons (Fsp3) is 0.333. The molecule has 3 heteroatoms. The Morgan fingerprint density at radius 2 is 2.05 bits per heavy atom. The lowest BCUT2D eigenvalue weighted by atomic mass is 9.83. The van der Waals surface area contributed by atoms with Crippen LogP contribution in [0.25, 0.3) is 0 Å². The maximum atomic E-state index is 13.8.